The molecule has 0 spiro atoms. The molecule has 2 aromatic heterocycles. The molecule has 0 saturated carbocycles. The molecule has 0 amide bonds. The zero-order chi connectivity index (χ0) is 26.3. The summed E-state index contributed by atoms with van der Waals surface area (Å²) in [7, 11) is 3.89. The summed E-state index contributed by atoms with van der Waals surface area (Å²) in [5.41, 5.74) is 10.1. The molecule has 5 heterocycles. The van der Waals surface area contributed by atoms with E-state index in [1.54, 1.807) is 0 Å². The van der Waals surface area contributed by atoms with Crippen LogP contribution < -0.4 is 10.6 Å². The Morgan fingerprint density at radius 2 is 1.28 bits per heavy atom. The van der Waals surface area contributed by atoms with Crippen LogP contribution in [0.3, 0.4) is 0 Å². The Balaban J connectivity index is 1.31. The van der Waals surface area contributed by atoms with Crippen molar-refractivity contribution in [1.82, 2.24) is 14.0 Å². The number of nitrogens with zero attached hydrogens (tertiary/aromatic N) is 5. The summed E-state index contributed by atoms with van der Waals surface area (Å²) in [6, 6.07) is 20.9. The fraction of sp³-hybridized carbons (Fsp3) is 0.0625. The smallest absolute Gasteiger partial charge is 0.235 e. The first kappa shape index (κ1) is 22.9. The average Bonchev–Trinajstić information content (AvgIpc) is 3.72. The largest absolute Gasteiger partial charge is 0.388 e. The number of hydrogen-bond acceptors (Lipinski definition) is 5. The van der Waals surface area contributed by atoms with Crippen molar-refractivity contribution in [1.29, 1.82) is 0 Å². The van der Waals surface area contributed by atoms with Crippen LogP contribution in [0.2, 0.25) is 0 Å². The Morgan fingerprint density at radius 1 is 0.667 bits per heavy atom. The molecule has 7 heteroatoms. The first-order valence-corrected chi connectivity index (χ1v) is 12.9. The number of guanidine groups is 1. The van der Waals surface area contributed by atoms with Crippen LogP contribution in [0, 0.1) is 0 Å². The second kappa shape index (κ2) is 9.22. The maximum Gasteiger partial charge on any atom is 0.235 e. The van der Waals surface area contributed by atoms with Crippen molar-refractivity contribution in [3.63, 3.8) is 0 Å². The van der Waals surface area contributed by atoms with Crippen molar-refractivity contribution >= 4 is 28.7 Å². The second-order valence-electron chi connectivity index (χ2n) is 9.43. The summed E-state index contributed by atoms with van der Waals surface area (Å²) < 4.78 is 4.19. The molecule has 2 aromatic carbocycles. The molecule has 0 radical (unpaired) electrons. The van der Waals surface area contributed by atoms with Gasteiger partial charge in [-0.3, -0.25) is 4.90 Å². The van der Waals surface area contributed by atoms with Gasteiger partial charge in [0.05, 0.1) is 22.8 Å². The third-order valence-electron chi connectivity index (χ3n) is 7.16. The monoisotopic (exact) mass is 509 g/mol. The van der Waals surface area contributed by atoms with Crippen LogP contribution >= 0.6 is 0 Å². The molecule has 3 aliphatic rings. The number of aromatic nitrogens is 2. The number of rotatable bonds is 6. The molecule has 0 aliphatic carbocycles. The van der Waals surface area contributed by atoms with Crippen LogP contribution in [0.15, 0.2) is 137 Å². The standard InChI is InChI=1S/C32H27N7/c1-33-28-18-22(37-14-3-4-15-37)10-12-26(28)30-20-24-8-7-9-25-21-31(36-32(35-30)39(24)25)27-13-11-23(19-29(27)34-2)38-16-5-6-17-38/h3-21,33-34H,1-2H3. The summed E-state index contributed by atoms with van der Waals surface area (Å²) in [5.74, 6) is 0.656. The number of benzene rings is 2. The first-order valence-electron chi connectivity index (χ1n) is 12.9. The number of allylic oxidation sites excluding steroid dienone is 5. The fourth-order valence-electron chi connectivity index (χ4n) is 5.22. The highest BCUT2D eigenvalue weighted by Crippen LogP contribution is 2.37. The molecule has 2 N–H and O–H groups in total. The van der Waals surface area contributed by atoms with Gasteiger partial charge in [-0.1, -0.05) is 6.08 Å². The van der Waals surface area contributed by atoms with Gasteiger partial charge in [-0.15, -0.1) is 0 Å². The molecule has 0 atom stereocenters. The van der Waals surface area contributed by atoms with Gasteiger partial charge in [-0.2, -0.15) is 0 Å². The van der Waals surface area contributed by atoms with Gasteiger partial charge in [0.25, 0.3) is 0 Å². The number of aliphatic imine (C=N–C) groups is 2. The topological polar surface area (TPSA) is 61.9 Å². The summed E-state index contributed by atoms with van der Waals surface area (Å²) in [4.78, 5) is 12.3. The first-order chi connectivity index (χ1) is 19.2. The molecule has 0 saturated heterocycles. The molecular weight excluding hydrogens is 482 g/mol. The fourth-order valence-corrected chi connectivity index (χ4v) is 5.22. The van der Waals surface area contributed by atoms with E-state index in [9.17, 15) is 0 Å². The molecule has 190 valence electrons. The molecule has 4 aromatic rings. The van der Waals surface area contributed by atoms with Crippen LogP contribution in [0.4, 0.5) is 11.4 Å². The zero-order valence-electron chi connectivity index (χ0n) is 21.7. The Bertz CT molecular complexity index is 1670. The van der Waals surface area contributed by atoms with Gasteiger partial charge in [-0.25, -0.2) is 9.98 Å². The highest BCUT2D eigenvalue weighted by atomic mass is 15.3. The van der Waals surface area contributed by atoms with E-state index in [0.717, 1.165) is 56.7 Å². The predicted octanol–water partition coefficient (Wildman–Crippen LogP) is 6.20. The van der Waals surface area contributed by atoms with Gasteiger partial charge in [0.2, 0.25) is 5.96 Å². The van der Waals surface area contributed by atoms with Crippen LogP contribution in [-0.4, -0.2) is 39.8 Å². The van der Waals surface area contributed by atoms with E-state index >= 15 is 0 Å². The van der Waals surface area contributed by atoms with Crippen LogP contribution in [-0.2, 0) is 0 Å². The molecule has 0 bridgehead atoms. The minimum Gasteiger partial charge on any atom is -0.388 e. The van der Waals surface area contributed by atoms with Crippen molar-refractivity contribution in [3.8, 4) is 11.4 Å². The maximum atomic E-state index is 5.08. The lowest BCUT2D eigenvalue weighted by molar-refractivity contribution is 0.648. The lowest BCUT2D eigenvalue weighted by atomic mass is 10.0. The van der Waals surface area contributed by atoms with Gasteiger partial charge in [-0.05, 0) is 85.0 Å². The summed E-state index contributed by atoms with van der Waals surface area (Å²) >= 11 is 0. The molecule has 0 unspecified atom stereocenters. The van der Waals surface area contributed by atoms with Crippen molar-refractivity contribution in [2.75, 3.05) is 24.7 Å². The lowest BCUT2D eigenvalue weighted by Crippen LogP contribution is -2.34. The quantitative estimate of drug-likeness (QED) is 0.325. The van der Waals surface area contributed by atoms with Gasteiger partial charge in [0, 0.05) is 72.8 Å². The van der Waals surface area contributed by atoms with Crippen molar-refractivity contribution in [2.24, 2.45) is 9.98 Å². The summed E-state index contributed by atoms with van der Waals surface area (Å²) in [6.07, 6.45) is 18.7. The van der Waals surface area contributed by atoms with Gasteiger partial charge >= 0.3 is 0 Å². The number of hydrogen-bond donors (Lipinski definition) is 2. The van der Waals surface area contributed by atoms with Gasteiger partial charge in [0.15, 0.2) is 0 Å². The Morgan fingerprint density at radius 3 is 1.92 bits per heavy atom. The van der Waals surface area contributed by atoms with Crippen molar-refractivity contribution in [3.05, 3.63) is 138 Å². The minimum atomic E-state index is 0.656. The van der Waals surface area contributed by atoms with Crippen LogP contribution in [0.25, 0.3) is 17.1 Å². The summed E-state index contributed by atoms with van der Waals surface area (Å²) in [5, 5.41) is 6.72. The lowest BCUT2D eigenvalue weighted by Gasteiger charge is -2.34. The number of nitrogens with one attached hydrogen (secondary N) is 2. The molecular formula is C32H27N7. The highest BCUT2D eigenvalue weighted by Gasteiger charge is 2.29. The third kappa shape index (κ3) is 3.92. The van der Waals surface area contributed by atoms with E-state index in [1.807, 2.05) is 63.1 Å². The van der Waals surface area contributed by atoms with Crippen molar-refractivity contribution in [2.45, 2.75) is 0 Å². The van der Waals surface area contributed by atoms with E-state index in [-0.39, 0.29) is 0 Å². The predicted molar refractivity (Wildman–Crippen MR) is 160 cm³/mol. The zero-order valence-corrected chi connectivity index (χ0v) is 21.7. The van der Waals surface area contributed by atoms with Gasteiger partial charge in [0.1, 0.15) is 0 Å². The highest BCUT2D eigenvalue weighted by molar-refractivity contribution is 6.19. The molecule has 0 fully saturated rings. The Labute approximate surface area is 227 Å². The molecule has 7 nitrogen and oxygen atoms in total. The normalized spacial score (nSPS) is 15.5. The Hall–Kier alpha value is -5.30. The summed E-state index contributed by atoms with van der Waals surface area (Å²) in [6.45, 7) is 0. The molecule has 7 rings (SSSR count). The van der Waals surface area contributed by atoms with E-state index in [0.29, 0.717) is 5.96 Å². The Kier molecular flexibility index (Phi) is 5.41. The van der Waals surface area contributed by atoms with Crippen LogP contribution in [0.1, 0.15) is 11.1 Å². The molecule has 3 aliphatic heterocycles. The SMILES string of the molecule is CNc1cc(-n2cccc2)ccc1C1=CC2=CC=CC3=CC(c4ccc(-n5cccc5)cc4NC)=NC(=N1)N23. The number of anilines is 2. The third-order valence-corrected chi connectivity index (χ3v) is 7.16. The average molecular weight is 510 g/mol. The van der Waals surface area contributed by atoms with Gasteiger partial charge < -0.3 is 19.8 Å². The van der Waals surface area contributed by atoms with E-state index in [2.05, 4.69) is 91.4 Å². The maximum absolute atomic E-state index is 5.08. The van der Waals surface area contributed by atoms with E-state index < -0.39 is 0 Å². The minimum absolute atomic E-state index is 0.656. The van der Waals surface area contributed by atoms with Crippen LogP contribution in [0.5, 0.6) is 0 Å². The van der Waals surface area contributed by atoms with E-state index in [4.69, 9.17) is 9.98 Å². The molecule has 39 heavy (non-hydrogen) atoms. The van der Waals surface area contributed by atoms with Crippen molar-refractivity contribution < 1.29 is 0 Å². The second-order valence-corrected chi connectivity index (χ2v) is 9.43. The van der Waals surface area contributed by atoms with E-state index in [1.165, 1.54) is 0 Å².